The van der Waals surface area contributed by atoms with Crippen LogP contribution in [0, 0.1) is 5.82 Å². The van der Waals surface area contributed by atoms with Gasteiger partial charge in [0.1, 0.15) is 17.8 Å². The van der Waals surface area contributed by atoms with E-state index in [1.54, 1.807) is 0 Å². The molecule has 0 fully saturated rings. The number of alkyl halides is 3. The van der Waals surface area contributed by atoms with Gasteiger partial charge in [-0.3, -0.25) is 0 Å². The maximum atomic E-state index is 13.1. The summed E-state index contributed by atoms with van der Waals surface area (Å²) in [5.74, 6) is -1.57. The van der Waals surface area contributed by atoms with E-state index >= 15 is 0 Å². The largest absolute Gasteiger partial charge is 0.419 e. The van der Waals surface area contributed by atoms with Crippen LogP contribution < -0.4 is 10.1 Å². The molecule has 114 valence electrons. The van der Waals surface area contributed by atoms with Gasteiger partial charge in [0.25, 0.3) is 0 Å². The molecular weight excluding hydrogens is 292 g/mol. The second-order valence-electron chi connectivity index (χ2n) is 4.13. The van der Waals surface area contributed by atoms with Crippen LogP contribution in [0.15, 0.2) is 28.9 Å². The molecular formula is C13H12F4N2O2. The van der Waals surface area contributed by atoms with Crippen LogP contribution in [0.2, 0.25) is 0 Å². The zero-order valence-corrected chi connectivity index (χ0v) is 11.0. The predicted molar refractivity (Wildman–Crippen MR) is 65.4 cm³/mol. The first-order valence-electron chi connectivity index (χ1n) is 6.10. The van der Waals surface area contributed by atoms with Crippen molar-refractivity contribution in [2.45, 2.75) is 19.6 Å². The molecule has 1 N–H and O–H groups in total. The van der Waals surface area contributed by atoms with Crippen LogP contribution in [0.25, 0.3) is 0 Å². The fourth-order valence-electron chi connectivity index (χ4n) is 1.56. The van der Waals surface area contributed by atoms with Crippen LogP contribution in [-0.2, 0) is 12.7 Å². The van der Waals surface area contributed by atoms with Crippen molar-refractivity contribution in [3.63, 3.8) is 0 Å². The molecule has 0 spiro atoms. The van der Waals surface area contributed by atoms with Gasteiger partial charge in [0.15, 0.2) is 0 Å². The van der Waals surface area contributed by atoms with Crippen molar-refractivity contribution >= 4 is 0 Å². The zero-order valence-electron chi connectivity index (χ0n) is 11.0. The lowest BCUT2D eigenvalue weighted by molar-refractivity contribution is -0.140. The van der Waals surface area contributed by atoms with Crippen LogP contribution >= 0.6 is 0 Å². The highest BCUT2D eigenvalue weighted by atomic mass is 19.4. The molecule has 8 heteroatoms. The Morgan fingerprint density at radius 3 is 2.76 bits per heavy atom. The molecule has 0 saturated heterocycles. The highest BCUT2D eigenvalue weighted by molar-refractivity contribution is 5.33. The molecule has 0 aliphatic heterocycles. The summed E-state index contributed by atoms with van der Waals surface area (Å²) in [6, 6.07) is 2.31. The van der Waals surface area contributed by atoms with E-state index in [2.05, 4.69) is 10.3 Å². The molecule has 0 saturated carbocycles. The van der Waals surface area contributed by atoms with Crippen molar-refractivity contribution in [2.24, 2.45) is 0 Å². The second-order valence-corrected chi connectivity index (χ2v) is 4.13. The average molecular weight is 304 g/mol. The summed E-state index contributed by atoms with van der Waals surface area (Å²) in [4.78, 5) is 3.93. The Labute approximate surface area is 117 Å². The van der Waals surface area contributed by atoms with Gasteiger partial charge in [-0.1, -0.05) is 6.92 Å². The number of nitrogens with one attached hydrogen (secondary N) is 1. The number of nitrogens with zero attached hydrogens (tertiary/aromatic N) is 1. The molecule has 2 aromatic rings. The van der Waals surface area contributed by atoms with Gasteiger partial charge in [-0.15, -0.1) is 0 Å². The summed E-state index contributed by atoms with van der Waals surface area (Å²) < 4.78 is 60.9. The number of rotatable bonds is 5. The maximum absolute atomic E-state index is 13.1. The Kier molecular flexibility index (Phi) is 4.46. The minimum atomic E-state index is -4.80. The number of oxazole rings is 1. The molecule has 2 rings (SSSR count). The molecule has 0 bridgehead atoms. The molecule has 0 radical (unpaired) electrons. The molecule has 1 aromatic heterocycles. The van der Waals surface area contributed by atoms with Crippen molar-refractivity contribution in [3.05, 3.63) is 41.5 Å². The average Bonchev–Trinajstić information content (AvgIpc) is 2.85. The van der Waals surface area contributed by atoms with Crippen molar-refractivity contribution < 1.29 is 26.7 Å². The standard InChI is InChI=1S/C13H12F4N2O2/c1-2-18-6-8-7-20-12(19-8)21-9-3-4-11(14)10(5-9)13(15,16)17/h3-5,7,18H,2,6H2,1H3. The molecule has 1 heterocycles. The van der Waals surface area contributed by atoms with E-state index in [4.69, 9.17) is 9.15 Å². The second kappa shape index (κ2) is 6.13. The van der Waals surface area contributed by atoms with Gasteiger partial charge in [-0.05, 0) is 24.7 Å². The first kappa shape index (κ1) is 15.3. The highest BCUT2D eigenvalue weighted by Gasteiger charge is 2.34. The van der Waals surface area contributed by atoms with E-state index in [-0.39, 0.29) is 11.8 Å². The van der Waals surface area contributed by atoms with E-state index in [0.29, 0.717) is 24.4 Å². The topological polar surface area (TPSA) is 47.3 Å². The Hall–Kier alpha value is -2.09. The van der Waals surface area contributed by atoms with Crippen LogP contribution in [0.4, 0.5) is 17.6 Å². The molecule has 0 amide bonds. The van der Waals surface area contributed by atoms with E-state index in [0.717, 1.165) is 12.6 Å². The van der Waals surface area contributed by atoms with Gasteiger partial charge in [0.05, 0.1) is 11.3 Å². The third kappa shape index (κ3) is 3.94. The molecule has 0 atom stereocenters. The fraction of sp³-hybridized carbons (Fsp3) is 0.308. The Bertz CT molecular complexity index is 610. The minimum Gasteiger partial charge on any atom is -0.417 e. The van der Waals surface area contributed by atoms with Crippen LogP contribution in [0.3, 0.4) is 0 Å². The normalized spacial score (nSPS) is 11.7. The SMILES string of the molecule is CCNCc1coc(Oc2ccc(F)c(C(F)(F)F)c2)n1. The number of ether oxygens (including phenoxy) is 1. The fourth-order valence-corrected chi connectivity index (χ4v) is 1.56. The summed E-state index contributed by atoms with van der Waals surface area (Å²) in [5, 5.41) is 3.00. The number of hydrogen-bond donors (Lipinski definition) is 1. The smallest absolute Gasteiger partial charge is 0.417 e. The summed E-state index contributed by atoms with van der Waals surface area (Å²) in [5.41, 5.74) is -0.857. The van der Waals surface area contributed by atoms with Gasteiger partial charge >= 0.3 is 12.3 Å². The van der Waals surface area contributed by atoms with Crippen molar-refractivity contribution in [3.8, 4) is 11.8 Å². The molecule has 1 aromatic carbocycles. The van der Waals surface area contributed by atoms with E-state index in [9.17, 15) is 17.6 Å². The number of benzene rings is 1. The monoisotopic (exact) mass is 304 g/mol. The first-order valence-corrected chi connectivity index (χ1v) is 6.10. The van der Waals surface area contributed by atoms with Crippen LogP contribution in [0.5, 0.6) is 11.8 Å². The van der Waals surface area contributed by atoms with Crippen molar-refractivity contribution in [1.82, 2.24) is 10.3 Å². The highest BCUT2D eigenvalue weighted by Crippen LogP contribution is 2.34. The predicted octanol–water partition coefficient (Wildman–Crippen LogP) is 3.73. The lowest BCUT2D eigenvalue weighted by Gasteiger charge is -2.09. The third-order valence-electron chi connectivity index (χ3n) is 2.54. The minimum absolute atomic E-state index is 0.206. The summed E-state index contributed by atoms with van der Waals surface area (Å²) in [6.07, 6.45) is -3.68. The number of halogens is 4. The third-order valence-corrected chi connectivity index (χ3v) is 2.54. The summed E-state index contributed by atoms with van der Waals surface area (Å²) in [7, 11) is 0. The van der Waals surface area contributed by atoms with Gasteiger partial charge in [-0.2, -0.15) is 18.2 Å². The molecule has 21 heavy (non-hydrogen) atoms. The van der Waals surface area contributed by atoms with Crippen LogP contribution in [-0.4, -0.2) is 11.5 Å². The van der Waals surface area contributed by atoms with Crippen molar-refractivity contribution in [1.29, 1.82) is 0 Å². The molecule has 4 nitrogen and oxygen atoms in total. The van der Waals surface area contributed by atoms with E-state index < -0.39 is 17.6 Å². The van der Waals surface area contributed by atoms with E-state index in [1.807, 2.05) is 6.92 Å². The lowest BCUT2D eigenvalue weighted by Crippen LogP contribution is -2.11. The van der Waals surface area contributed by atoms with Gasteiger partial charge < -0.3 is 14.5 Å². The number of aromatic nitrogens is 1. The van der Waals surface area contributed by atoms with Crippen LogP contribution in [0.1, 0.15) is 18.2 Å². The lowest BCUT2D eigenvalue weighted by atomic mass is 10.2. The maximum Gasteiger partial charge on any atom is 0.419 e. The quantitative estimate of drug-likeness (QED) is 0.855. The Morgan fingerprint density at radius 2 is 2.10 bits per heavy atom. The molecule has 0 aliphatic carbocycles. The molecule has 0 aliphatic rings. The van der Waals surface area contributed by atoms with Crippen molar-refractivity contribution in [2.75, 3.05) is 6.54 Å². The first-order chi connectivity index (χ1) is 9.90. The van der Waals surface area contributed by atoms with Gasteiger partial charge in [0.2, 0.25) is 0 Å². The number of hydrogen-bond acceptors (Lipinski definition) is 4. The van der Waals surface area contributed by atoms with Gasteiger partial charge in [-0.25, -0.2) is 4.39 Å². The Morgan fingerprint density at radius 1 is 1.33 bits per heavy atom. The summed E-state index contributed by atoms with van der Waals surface area (Å²) >= 11 is 0. The zero-order chi connectivity index (χ0) is 15.5. The Balaban J connectivity index is 2.14. The molecule has 0 unspecified atom stereocenters. The van der Waals surface area contributed by atoms with E-state index in [1.165, 1.54) is 6.26 Å². The summed E-state index contributed by atoms with van der Waals surface area (Å²) in [6.45, 7) is 3.09. The van der Waals surface area contributed by atoms with Gasteiger partial charge in [0, 0.05) is 6.54 Å².